The predicted molar refractivity (Wildman–Crippen MR) is 77.3 cm³/mol. The van der Waals surface area contributed by atoms with E-state index in [1.165, 1.54) is 12.1 Å². The van der Waals surface area contributed by atoms with Crippen LogP contribution in [0.15, 0.2) is 42.5 Å². The fourth-order valence-corrected chi connectivity index (χ4v) is 1.69. The molecule has 0 atom stereocenters. The summed E-state index contributed by atoms with van der Waals surface area (Å²) in [4.78, 5) is 16.2. The quantitative estimate of drug-likeness (QED) is 0.898. The Bertz CT molecular complexity index is 614. The number of anilines is 2. The van der Waals surface area contributed by atoms with Crippen molar-refractivity contribution in [1.29, 1.82) is 0 Å². The number of rotatable bonds is 4. The number of carbonyl (C=O) groups excluding carboxylic acids is 1. The van der Waals surface area contributed by atoms with Crippen LogP contribution in [0.3, 0.4) is 0 Å². The second-order valence-electron chi connectivity index (χ2n) is 4.64. The largest absolute Gasteiger partial charge is 0.368 e. The van der Waals surface area contributed by atoms with Crippen LogP contribution in [0.5, 0.6) is 0 Å². The van der Waals surface area contributed by atoms with Crippen LogP contribution < -0.4 is 10.6 Å². The highest BCUT2D eigenvalue weighted by Gasteiger charge is 2.11. The summed E-state index contributed by atoms with van der Waals surface area (Å²) in [6.07, 6.45) is 0. The van der Waals surface area contributed by atoms with Gasteiger partial charge < -0.3 is 10.6 Å². The number of benzene rings is 1. The molecule has 5 heteroatoms. The molecular formula is C15H16FN3O. The Morgan fingerprint density at radius 2 is 1.90 bits per heavy atom. The Morgan fingerprint density at radius 1 is 1.15 bits per heavy atom. The Labute approximate surface area is 117 Å². The number of pyridine rings is 1. The lowest BCUT2D eigenvalue weighted by atomic mass is 10.2. The Balaban J connectivity index is 2.15. The van der Waals surface area contributed by atoms with Gasteiger partial charge in [0.1, 0.15) is 17.3 Å². The topological polar surface area (TPSA) is 54.0 Å². The van der Waals surface area contributed by atoms with Crippen LogP contribution in [-0.2, 0) is 0 Å². The average molecular weight is 273 g/mol. The molecule has 1 heterocycles. The van der Waals surface area contributed by atoms with Gasteiger partial charge in [-0.3, -0.25) is 4.79 Å². The molecule has 4 nitrogen and oxygen atoms in total. The van der Waals surface area contributed by atoms with Gasteiger partial charge in [-0.15, -0.1) is 0 Å². The number of hydrogen-bond donors (Lipinski definition) is 2. The maximum absolute atomic E-state index is 13.5. The van der Waals surface area contributed by atoms with Gasteiger partial charge in [-0.05, 0) is 38.1 Å². The van der Waals surface area contributed by atoms with Crippen molar-refractivity contribution in [2.45, 2.75) is 19.9 Å². The van der Waals surface area contributed by atoms with E-state index in [-0.39, 0.29) is 17.4 Å². The molecule has 20 heavy (non-hydrogen) atoms. The lowest BCUT2D eigenvalue weighted by Crippen LogP contribution is -2.17. The van der Waals surface area contributed by atoms with Crippen LogP contribution in [0.25, 0.3) is 0 Å². The molecule has 0 aliphatic rings. The first-order chi connectivity index (χ1) is 9.56. The van der Waals surface area contributed by atoms with Crippen molar-refractivity contribution in [2.75, 3.05) is 10.6 Å². The molecule has 0 fully saturated rings. The number of hydrogen-bond acceptors (Lipinski definition) is 3. The first-order valence-corrected chi connectivity index (χ1v) is 6.36. The van der Waals surface area contributed by atoms with Crippen LogP contribution in [0, 0.1) is 5.82 Å². The fraction of sp³-hybridized carbons (Fsp3) is 0.200. The molecule has 0 spiro atoms. The number of aromatic nitrogens is 1. The van der Waals surface area contributed by atoms with Crippen LogP contribution in [0.4, 0.5) is 15.9 Å². The van der Waals surface area contributed by atoms with Crippen LogP contribution in [0.2, 0.25) is 0 Å². The van der Waals surface area contributed by atoms with Gasteiger partial charge in [0.25, 0.3) is 5.91 Å². The Morgan fingerprint density at radius 3 is 2.60 bits per heavy atom. The van der Waals surface area contributed by atoms with Gasteiger partial charge in [0.2, 0.25) is 0 Å². The monoisotopic (exact) mass is 273 g/mol. The molecule has 0 aliphatic heterocycles. The summed E-state index contributed by atoms with van der Waals surface area (Å²) in [5, 5.41) is 5.61. The van der Waals surface area contributed by atoms with E-state index in [2.05, 4.69) is 15.6 Å². The van der Waals surface area contributed by atoms with E-state index in [4.69, 9.17) is 0 Å². The molecule has 2 aromatic rings. The van der Waals surface area contributed by atoms with Crippen molar-refractivity contribution in [3.8, 4) is 0 Å². The first-order valence-electron chi connectivity index (χ1n) is 6.36. The van der Waals surface area contributed by atoms with Gasteiger partial charge in [-0.2, -0.15) is 0 Å². The average Bonchev–Trinajstić information content (AvgIpc) is 2.41. The normalized spacial score (nSPS) is 10.4. The van der Waals surface area contributed by atoms with Crippen molar-refractivity contribution >= 4 is 17.4 Å². The number of nitrogens with one attached hydrogen (secondary N) is 2. The molecular weight excluding hydrogens is 257 g/mol. The van der Waals surface area contributed by atoms with E-state index in [1.54, 1.807) is 30.3 Å². The second-order valence-corrected chi connectivity index (χ2v) is 4.64. The highest BCUT2D eigenvalue weighted by molar-refractivity contribution is 6.03. The van der Waals surface area contributed by atoms with Gasteiger partial charge in [0, 0.05) is 6.04 Å². The molecule has 2 N–H and O–H groups in total. The van der Waals surface area contributed by atoms with Crippen LogP contribution >= 0.6 is 0 Å². The van der Waals surface area contributed by atoms with Crippen LogP contribution in [0.1, 0.15) is 24.3 Å². The summed E-state index contributed by atoms with van der Waals surface area (Å²) in [6.45, 7) is 3.96. The first kappa shape index (κ1) is 14.0. The molecule has 0 bridgehead atoms. The summed E-state index contributed by atoms with van der Waals surface area (Å²) in [5.41, 5.74) is 0.375. The van der Waals surface area contributed by atoms with E-state index >= 15 is 0 Å². The molecule has 0 unspecified atom stereocenters. The van der Waals surface area contributed by atoms with Gasteiger partial charge in [0.15, 0.2) is 0 Å². The maximum Gasteiger partial charge on any atom is 0.274 e. The van der Waals surface area contributed by atoms with E-state index in [0.29, 0.717) is 5.82 Å². The summed E-state index contributed by atoms with van der Waals surface area (Å²) in [7, 11) is 0. The fourth-order valence-electron chi connectivity index (χ4n) is 1.69. The SMILES string of the molecule is CC(C)Nc1cccc(C(=O)Nc2ccccc2F)n1. The molecule has 0 saturated carbocycles. The molecule has 104 valence electrons. The number of para-hydroxylation sites is 1. The predicted octanol–water partition coefficient (Wildman–Crippen LogP) is 3.29. The number of carbonyl (C=O) groups is 1. The third kappa shape index (κ3) is 3.54. The van der Waals surface area contributed by atoms with Gasteiger partial charge in [-0.25, -0.2) is 9.37 Å². The highest BCUT2D eigenvalue weighted by Crippen LogP contribution is 2.14. The van der Waals surface area contributed by atoms with E-state index in [0.717, 1.165) is 0 Å². The molecule has 2 rings (SSSR count). The summed E-state index contributed by atoms with van der Waals surface area (Å²) < 4.78 is 13.5. The van der Waals surface area contributed by atoms with Crippen molar-refractivity contribution in [1.82, 2.24) is 4.98 Å². The minimum atomic E-state index is -0.475. The van der Waals surface area contributed by atoms with Gasteiger partial charge in [-0.1, -0.05) is 18.2 Å². The standard InChI is InChI=1S/C15H16FN3O/c1-10(2)17-14-9-5-8-13(18-14)15(20)19-12-7-4-3-6-11(12)16/h3-10H,1-2H3,(H,17,18)(H,19,20). The third-order valence-electron chi connectivity index (χ3n) is 2.54. The van der Waals surface area contributed by atoms with Gasteiger partial charge >= 0.3 is 0 Å². The number of amides is 1. The maximum atomic E-state index is 13.5. The molecule has 1 aromatic heterocycles. The molecule has 0 saturated heterocycles. The summed E-state index contributed by atoms with van der Waals surface area (Å²) in [5.74, 6) is -0.305. The summed E-state index contributed by atoms with van der Waals surface area (Å²) in [6, 6.07) is 11.3. The lowest BCUT2D eigenvalue weighted by Gasteiger charge is -2.10. The van der Waals surface area contributed by atoms with E-state index in [9.17, 15) is 9.18 Å². The number of halogens is 1. The van der Waals surface area contributed by atoms with E-state index < -0.39 is 11.7 Å². The zero-order chi connectivity index (χ0) is 14.5. The second kappa shape index (κ2) is 6.14. The highest BCUT2D eigenvalue weighted by atomic mass is 19.1. The lowest BCUT2D eigenvalue weighted by molar-refractivity contribution is 0.102. The van der Waals surface area contributed by atoms with Crippen molar-refractivity contribution in [3.05, 3.63) is 54.0 Å². The summed E-state index contributed by atoms with van der Waals surface area (Å²) >= 11 is 0. The van der Waals surface area contributed by atoms with Crippen molar-refractivity contribution in [3.63, 3.8) is 0 Å². The van der Waals surface area contributed by atoms with Crippen molar-refractivity contribution < 1.29 is 9.18 Å². The third-order valence-corrected chi connectivity index (χ3v) is 2.54. The Kier molecular flexibility index (Phi) is 4.30. The molecule has 0 aliphatic carbocycles. The smallest absolute Gasteiger partial charge is 0.274 e. The van der Waals surface area contributed by atoms with Gasteiger partial charge in [0.05, 0.1) is 5.69 Å². The minimum absolute atomic E-state index is 0.140. The zero-order valence-electron chi connectivity index (χ0n) is 11.4. The minimum Gasteiger partial charge on any atom is -0.368 e. The molecule has 1 aromatic carbocycles. The Hall–Kier alpha value is -2.43. The molecule has 0 radical (unpaired) electrons. The zero-order valence-corrected chi connectivity index (χ0v) is 11.4. The van der Waals surface area contributed by atoms with Crippen LogP contribution in [-0.4, -0.2) is 16.9 Å². The van der Waals surface area contributed by atoms with E-state index in [1.807, 2.05) is 13.8 Å². The molecule has 1 amide bonds. The van der Waals surface area contributed by atoms with Crippen molar-refractivity contribution in [2.24, 2.45) is 0 Å². The number of nitrogens with zero attached hydrogens (tertiary/aromatic N) is 1.